The van der Waals surface area contributed by atoms with Crippen LogP contribution in [0.1, 0.15) is 44.2 Å². The van der Waals surface area contributed by atoms with Crippen LogP contribution in [0.15, 0.2) is 24.3 Å². The predicted molar refractivity (Wildman–Crippen MR) is 87.3 cm³/mol. The Hall–Kier alpha value is -0.860. The molecule has 2 nitrogen and oxygen atoms in total. The van der Waals surface area contributed by atoms with Crippen LogP contribution in [0.5, 0.6) is 0 Å². The maximum atomic E-state index is 5.72. The number of aryl methyl sites for hydroxylation is 1. The van der Waals surface area contributed by atoms with Gasteiger partial charge in [-0.2, -0.15) is 0 Å². The molecule has 1 aromatic rings. The van der Waals surface area contributed by atoms with Gasteiger partial charge in [0.25, 0.3) is 0 Å². The maximum absolute atomic E-state index is 5.72. The molecule has 0 aliphatic heterocycles. The lowest BCUT2D eigenvalue weighted by Gasteiger charge is -2.18. The lowest BCUT2D eigenvalue weighted by molar-refractivity contribution is 0.117. The quantitative estimate of drug-likeness (QED) is 0.618. The Morgan fingerprint density at radius 1 is 1.20 bits per heavy atom. The monoisotopic (exact) mass is 277 g/mol. The van der Waals surface area contributed by atoms with E-state index in [0.717, 1.165) is 39.1 Å². The van der Waals surface area contributed by atoms with Gasteiger partial charge in [0.1, 0.15) is 0 Å². The van der Waals surface area contributed by atoms with Crippen molar-refractivity contribution >= 4 is 0 Å². The van der Waals surface area contributed by atoms with Crippen molar-refractivity contribution in [2.45, 2.75) is 46.5 Å². The minimum absolute atomic E-state index is 0.665. The van der Waals surface area contributed by atoms with Gasteiger partial charge in [-0.1, -0.05) is 50.1 Å². The molecule has 0 aliphatic carbocycles. The second-order valence-electron chi connectivity index (χ2n) is 5.62. The molecule has 1 N–H and O–H groups in total. The normalized spacial score (nSPS) is 12.6. The van der Waals surface area contributed by atoms with Gasteiger partial charge in [0.05, 0.1) is 0 Å². The van der Waals surface area contributed by atoms with Crippen molar-refractivity contribution in [3.8, 4) is 0 Å². The highest BCUT2D eigenvalue weighted by atomic mass is 16.5. The van der Waals surface area contributed by atoms with Crippen molar-refractivity contribution < 1.29 is 4.74 Å². The standard InChI is InChI=1S/C18H31NO/c1-4-6-11-20-12-10-18(15-19-5-2)14-17-9-7-8-16(3)13-17/h7-9,13,18-19H,4-6,10-12,14-15H2,1-3H3. The Morgan fingerprint density at radius 3 is 2.75 bits per heavy atom. The highest BCUT2D eigenvalue weighted by Gasteiger charge is 2.09. The van der Waals surface area contributed by atoms with Gasteiger partial charge in [-0.15, -0.1) is 0 Å². The summed E-state index contributed by atoms with van der Waals surface area (Å²) in [6.07, 6.45) is 4.68. The summed E-state index contributed by atoms with van der Waals surface area (Å²) >= 11 is 0. The molecule has 0 heterocycles. The first-order valence-electron chi connectivity index (χ1n) is 8.10. The van der Waals surface area contributed by atoms with E-state index in [1.807, 2.05) is 0 Å². The molecule has 20 heavy (non-hydrogen) atoms. The van der Waals surface area contributed by atoms with Crippen molar-refractivity contribution in [2.75, 3.05) is 26.3 Å². The summed E-state index contributed by atoms with van der Waals surface area (Å²) in [5.41, 5.74) is 2.80. The number of nitrogens with one attached hydrogen (secondary N) is 1. The lowest BCUT2D eigenvalue weighted by Crippen LogP contribution is -2.25. The van der Waals surface area contributed by atoms with Gasteiger partial charge in [0.15, 0.2) is 0 Å². The van der Waals surface area contributed by atoms with Crippen LogP contribution in [0.3, 0.4) is 0 Å². The average Bonchev–Trinajstić information content (AvgIpc) is 2.44. The molecular formula is C18H31NO. The van der Waals surface area contributed by atoms with E-state index in [9.17, 15) is 0 Å². The van der Waals surface area contributed by atoms with E-state index >= 15 is 0 Å². The van der Waals surface area contributed by atoms with Crippen molar-refractivity contribution in [1.82, 2.24) is 5.32 Å². The van der Waals surface area contributed by atoms with Crippen molar-refractivity contribution in [3.05, 3.63) is 35.4 Å². The third kappa shape index (κ3) is 7.66. The summed E-state index contributed by atoms with van der Waals surface area (Å²) in [4.78, 5) is 0. The summed E-state index contributed by atoms with van der Waals surface area (Å²) < 4.78 is 5.72. The Bertz CT molecular complexity index is 351. The summed E-state index contributed by atoms with van der Waals surface area (Å²) in [5, 5.41) is 3.48. The summed E-state index contributed by atoms with van der Waals surface area (Å²) in [5.74, 6) is 0.665. The minimum Gasteiger partial charge on any atom is -0.381 e. The first-order valence-corrected chi connectivity index (χ1v) is 8.10. The van der Waals surface area contributed by atoms with Crippen molar-refractivity contribution in [1.29, 1.82) is 0 Å². The van der Waals surface area contributed by atoms with E-state index in [1.165, 1.54) is 24.0 Å². The van der Waals surface area contributed by atoms with Crippen LogP contribution in [0, 0.1) is 12.8 Å². The maximum Gasteiger partial charge on any atom is 0.0469 e. The van der Waals surface area contributed by atoms with Crippen LogP contribution in [0.2, 0.25) is 0 Å². The van der Waals surface area contributed by atoms with Gasteiger partial charge < -0.3 is 10.1 Å². The first-order chi connectivity index (χ1) is 9.76. The van der Waals surface area contributed by atoms with Crippen LogP contribution < -0.4 is 5.32 Å². The van der Waals surface area contributed by atoms with Gasteiger partial charge in [-0.3, -0.25) is 0 Å². The minimum atomic E-state index is 0.665. The second-order valence-corrected chi connectivity index (χ2v) is 5.62. The zero-order valence-electron chi connectivity index (χ0n) is 13.5. The second kappa shape index (κ2) is 10.9. The molecule has 2 heteroatoms. The fourth-order valence-corrected chi connectivity index (χ4v) is 2.40. The van der Waals surface area contributed by atoms with Crippen LogP contribution >= 0.6 is 0 Å². The number of hydrogen-bond donors (Lipinski definition) is 1. The van der Waals surface area contributed by atoms with E-state index in [2.05, 4.69) is 50.4 Å². The van der Waals surface area contributed by atoms with Crippen LogP contribution in [0.25, 0.3) is 0 Å². The highest BCUT2D eigenvalue weighted by Crippen LogP contribution is 2.13. The molecule has 0 saturated carbocycles. The Kier molecular flexibility index (Phi) is 9.35. The van der Waals surface area contributed by atoms with Crippen molar-refractivity contribution in [2.24, 2.45) is 5.92 Å². The number of rotatable bonds is 11. The lowest BCUT2D eigenvalue weighted by atomic mass is 9.95. The zero-order valence-corrected chi connectivity index (χ0v) is 13.5. The smallest absolute Gasteiger partial charge is 0.0469 e. The molecule has 0 amide bonds. The topological polar surface area (TPSA) is 21.3 Å². The predicted octanol–water partition coefficient (Wildman–Crippen LogP) is 3.97. The van der Waals surface area contributed by atoms with Crippen molar-refractivity contribution in [3.63, 3.8) is 0 Å². The number of hydrogen-bond acceptors (Lipinski definition) is 2. The van der Waals surface area contributed by atoms with E-state index < -0.39 is 0 Å². The third-order valence-corrected chi connectivity index (χ3v) is 3.60. The molecule has 1 aromatic carbocycles. The van der Waals surface area contributed by atoms with Crippen LogP contribution in [-0.2, 0) is 11.2 Å². The van der Waals surface area contributed by atoms with Crippen LogP contribution in [-0.4, -0.2) is 26.3 Å². The molecular weight excluding hydrogens is 246 g/mol. The molecule has 0 saturated heterocycles. The third-order valence-electron chi connectivity index (χ3n) is 3.60. The Labute approximate surface area is 124 Å². The van der Waals surface area contributed by atoms with Gasteiger partial charge in [-0.25, -0.2) is 0 Å². The molecule has 0 aromatic heterocycles. The zero-order chi connectivity index (χ0) is 14.6. The Balaban J connectivity index is 2.38. The summed E-state index contributed by atoms with van der Waals surface area (Å²) in [7, 11) is 0. The van der Waals surface area contributed by atoms with Crippen LogP contribution in [0.4, 0.5) is 0 Å². The van der Waals surface area contributed by atoms with Gasteiger partial charge in [0.2, 0.25) is 0 Å². The number of unbranched alkanes of at least 4 members (excludes halogenated alkanes) is 1. The summed E-state index contributed by atoms with van der Waals surface area (Å²) in [6.45, 7) is 10.5. The molecule has 0 bridgehead atoms. The number of benzene rings is 1. The van der Waals surface area contributed by atoms with Gasteiger partial charge >= 0.3 is 0 Å². The molecule has 1 unspecified atom stereocenters. The largest absolute Gasteiger partial charge is 0.381 e. The molecule has 114 valence electrons. The molecule has 0 spiro atoms. The fraction of sp³-hybridized carbons (Fsp3) is 0.667. The van der Waals surface area contributed by atoms with E-state index in [0.29, 0.717) is 5.92 Å². The van der Waals surface area contributed by atoms with Gasteiger partial charge in [-0.05, 0) is 50.8 Å². The molecule has 0 radical (unpaired) electrons. The Morgan fingerprint density at radius 2 is 2.05 bits per heavy atom. The SMILES string of the molecule is CCCCOCCC(CNCC)Cc1cccc(C)c1. The number of ether oxygens (including phenoxy) is 1. The van der Waals surface area contributed by atoms with E-state index in [1.54, 1.807) is 0 Å². The van der Waals surface area contributed by atoms with Gasteiger partial charge in [0, 0.05) is 13.2 Å². The first kappa shape index (κ1) is 17.2. The molecule has 1 rings (SSSR count). The van der Waals surface area contributed by atoms with E-state index in [-0.39, 0.29) is 0 Å². The fourth-order valence-electron chi connectivity index (χ4n) is 2.40. The molecule has 0 fully saturated rings. The molecule has 0 aliphatic rings. The summed E-state index contributed by atoms with van der Waals surface area (Å²) in [6, 6.07) is 8.87. The van der Waals surface area contributed by atoms with E-state index in [4.69, 9.17) is 4.74 Å². The average molecular weight is 277 g/mol. The highest BCUT2D eigenvalue weighted by molar-refractivity contribution is 5.22. The molecule has 1 atom stereocenters.